The van der Waals surface area contributed by atoms with Crippen molar-refractivity contribution in [2.75, 3.05) is 6.54 Å². The van der Waals surface area contributed by atoms with Crippen molar-refractivity contribution in [1.82, 2.24) is 19.7 Å². The van der Waals surface area contributed by atoms with Crippen LogP contribution in [0.25, 0.3) is 16.9 Å². The SMILES string of the molecule is NCCc1nc2ccccc2n1-c1cccnn1. The lowest BCUT2D eigenvalue weighted by atomic mass is 10.3. The fourth-order valence-electron chi connectivity index (χ4n) is 2.04. The third-order valence-electron chi connectivity index (χ3n) is 2.79. The Labute approximate surface area is 104 Å². The van der Waals surface area contributed by atoms with E-state index in [1.807, 2.05) is 41.0 Å². The maximum atomic E-state index is 5.64. The van der Waals surface area contributed by atoms with E-state index in [0.29, 0.717) is 13.0 Å². The second-order valence-corrected chi connectivity index (χ2v) is 3.97. The van der Waals surface area contributed by atoms with Crippen molar-refractivity contribution in [1.29, 1.82) is 0 Å². The summed E-state index contributed by atoms with van der Waals surface area (Å²) in [6.45, 7) is 0.559. The van der Waals surface area contributed by atoms with Gasteiger partial charge in [-0.3, -0.25) is 4.57 Å². The van der Waals surface area contributed by atoms with Crippen molar-refractivity contribution < 1.29 is 0 Å². The zero-order chi connectivity index (χ0) is 12.4. The van der Waals surface area contributed by atoms with E-state index in [4.69, 9.17) is 5.73 Å². The molecular weight excluding hydrogens is 226 g/mol. The molecule has 0 saturated carbocycles. The molecule has 0 aliphatic rings. The predicted octanol–water partition coefficient (Wildman–Crippen LogP) is 1.32. The number of hydrogen-bond donors (Lipinski definition) is 1. The van der Waals surface area contributed by atoms with Crippen LogP contribution in [0.2, 0.25) is 0 Å². The van der Waals surface area contributed by atoms with Crippen LogP contribution in [0.5, 0.6) is 0 Å². The molecule has 2 aromatic heterocycles. The Morgan fingerprint density at radius 2 is 2.00 bits per heavy atom. The van der Waals surface area contributed by atoms with Gasteiger partial charge in [-0.05, 0) is 30.8 Å². The minimum Gasteiger partial charge on any atom is -0.330 e. The molecule has 3 aromatic rings. The maximum absolute atomic E-state index is 5.64. The molecule has 3 rings (SSSR count). The number of nitrogens with zero attached hydrogens (tertiary/aromatic N) is 4. The van der Waals surface area contributed by atoms with E-state index in [-0.39, 0.29) is 0 Å². The van der Waals surface area contributed by atoms with Crippen molar-refractivity contribution in [2.24, 2.45) is 5.73 Å². The third kappa shape index (κ3) is 1.74. The monoisotopic (exact) mass is 239 g/mol. The van der Waals surface area contributed by atoms with Gasteiger partial charge in [0.15, 0.2) is 5.82 Å². The van der Waals surface area contributed by atoms with Crippen LogP contribution >= 0.6 is 0 Å². The summed E-state index contributed by atoms with van der Waals surface area (Å²) < 4.78 is 2.01. The van der Waals surface area contributed by atoms with Gasteiger partial charge in [0.05, 0.1) is 11.0 Å². The van der Waals surface area contributed by atoms with Gasteiger partial charge in [0, 0.05) is 12.6 Å². The van der Waals surface area contributed by atoms with Gasteiger partial charge in [-0.1, -0.05) is 12.1 Å². The molecule has 0 unspecified atom stereocenters. The molecule has 18 heavy (non-hydrogen) atoms. The van der Waals surface area contributed by atoms with E-state index in [9.17, 15) is 0 Å². The average molecular weight is 239 g/mol. The Bertz CT molecular complexity index is 659. The van der Waals surface area contributed by atoms with E-state index in [0.717, 1.165) is 22.7 Å². The second kappa shape index (κ2) is 4.54. The molecule has 1 aromatic carbocycles. The highest BCUT2D eigenvalue weighted by Crippen LogP contribution is 2.19. The molecule has 2 heterocycles. The standard InChI is InChI=1S/C13H13N5/c14-8-7-12-16-10-4-1-2-5-11(10)18(12)13-6-3-9-15-17-13/h1-6,9H,7-8,14H2. The van der Waals surface area contributed by atoms with Crippen molar-refractivity contribution in [3.63, 3.8) is 0 Å². The number of hydrogen-bond acceptors (Lipinski definition) is 4. The van der Waals surface area contributed by atoms with Crippen molar-refractivity contribution in [3.05, 3.63) is 48.4 Å². The molecule has 90 valence electrons. The smallest absolute Gasteiger partial charge is 0.161 e. The Morgan fingerprint density at radius 1 is 1.11 bits per heavy atom. The van der Waals surface area contributed by atoms with Gasteiger partial charge in [0.2, 0.25) is 0 Å². The van der Waals surface area contributed by atoms with E-state index >= 15 is 0 Å². The van der Waals surface area contributed by atoms with Crippen molar-refractivity contribution in [3.8, 4) is 5.82 Å². The van der Waals surface area contributed by atoms with E-state index in [1.54, 1.807) is 6.20 Å². The number of imidazole rings is 1. The topological polar surface area (TPSA) is 69.6 Å². The number of aromatic nitrogens is 4. The maximum Gasteiger partial charge on any atom is 0.161 e. The first kappa shape index (κ1) is 10.9. The first-order chi connectivity index (χ1) is 8.90. The zero-order valence-electron chi connectivity index (χ0n) is 9.82. The lowest BCUT2D eigenvalue weighted by Gasteiger charge is -2.06. The second-order valence-electron chi connectivity index (χ2n) is 3.97. The van der Waals surface area contributed by atoms with Gasteiger partial charge >= 0.3 is 0 Å². The molecule has 0 amide bonds. The normalized spacial score (nSPS) is 10.9. The highest BCUT2D eigenvalue weighted by molar-refractivity contribution is 5.77. The fourth-order valence-corrected chi connectivity index (χ4v) is 2.04. The molecule has 5 heteroatoms. The van der Waals surface area contributed by atoms with Gasteiger partial charge in [-0.2, -0.15) is 5.10 Å². The van der Waals surface area contributed by atoms with Crippen LogP contribution in [0.4, 0.5) is 0 Å². The van der Waals surface area contributed by atoms with Gasteiger partial charge in [-0.15, -0.1) is 5.10 Å². The Kier molecular flexibility index (Phi) is 2.74. The molecule has 0 fully saturated rings. The molecule has 0 radical (unpaired) electrons. The van der Waals surface area contributed by atoms with E-state index in [2.05, 4.69) is 15.2 Å². The number of fused-ring (bicyclic) bond motifs is 1. The quantitative estimate of drug-likeness (QED) is 0.748. The molecule has 0 aliphatic heterocycles. The van der Waals surface area contributed by atoms with Crippen molar-refractivity contribution >= 4 is 11.0 Å². The minimum atomic E-state index is 0.559. The van der Waals surface area contributed by atoms with Gasteiger partial charge in [0.25, 0.3) is 0 Å². The van der Waals surface area contributed by atoms with E-state index in [1.165, 1.54) is 0 Å². The Hall–Kier alpha value is -2.27. The van der Waals surface area contributed by atoms with Crippen LogP contribution in [0.3, 0.4) is 0 Å². The van der Waals surface area contributed by atoms with Crippen LogP contribution in [0, 0.1) is 0 Å². The highest BCUT2D eigenvalue weighted by atomic mass is 15.2. The van der Waals surface area contributed by atoms with Crippen LogP contribution in [-0.4, -0.2) is 26.3 Å². The Balaban J connectivity index is 2.28. The summed E-state index contributed by atoms with van der Waals surface area (Å²) in [6, 6.07) is 11.8. The zero-order valence-corrected chi connectivity index (χ0v) is 9.82. The summed E-state index contributed by atoms with van der Waals surface area (Å²) >= 11 is 0. The lowest BCUT2D eigenvalue weighted by molar-refractivity contribution is 0.819. The highest BCUT2D eigenvalue weighted by Gasteiger charge is 2.12. The first-order valence-electron chi connectivity index (χ1n) is 5.84. The van der Waals surface area contributed by atoms with Crippen LogP contribution in [-0.2, 0) is 6.42 Å². The molecule has 0 bridgehead atoms. The van der Waals surface area contributed by atoms with Crippen molar-refractivity contribution in [2.45, 2.75) is 6.42 Å². The molecule has 0 spiro atoms. The summed E-state index contributed by atoms with van der Waals surface area (Å²) in [7, 11) is 0. The molecule has 0 saturated heterocycles. The number of para-hydroxylation sites is 2. The summed E-state index contributed by atoms with van der Waals surface area (Å²) in [5.74, 6) is 1.69. The Morgan fingerprint density at radius 3 is 2.78 bits per heavy atom. The average Bonchev–Trinajstić information content (AvgIpc) is 2.78. The molecular formula is C13H13N5. The fraction of sp³-hybridized carbons (Fsp3) is 0.154. The predicted molar refractivity (Wildman–Crippen MR) is 69.4 cm³/mol. The number of nitrogens with two attached hydrogens (primary N) is 1. The summed E-state index contributed by atoms with van der Waals surface area (Å²) in [5.41, 5.74) is 7.62. The van der Waals surface area contributed by atoms with Gasteiger partial charge in [0.1, 0.15) is 5.82 Å². The van der Waals surface area contributed by atoms with E-state index < -0.39 is 0 Å². The number of benzene rings is 1. The van der Waals surface area contributed by atoms with Crippen LogP contribution < -0.4 is 5.73 Å². The molecule has 2 N–H and O–H groups in total. The minimum absolute atomic E-state index is 0.559. The molecule has 0 atom stereocenters. The molecule has 0 aliphatic carbocycles. The molecule has 5 nitrogen and oxygen atoms in total. The largest absolute Gasteiger partial charge is 0.330 e. The summed E-state index contributed by atoms with van der Waals surface area (Å²) in [5, 5.41) is 8.07. The third-order valence-corrected chi connectivity index (χ3v) is 2.79. The summed E-state index contributed by atoms with van der Waals surface area (Å²) in [4.78, 5) is 4.59. The summed E-state index contributed by atoms with van der Waals surface area (Å²) in [6.07, 6.45) is 2.37. The van der Waals surface area contributed by atoms with Crippen LogP contribution in [0.1, 0.15) is 5.82 Å². The van der Waals surface area contributed by atoms with Crippen LogP contribution in [0.15, 0.2) is 42.6 Å². The number of rotatable bonds is 3. The van der Waals surface area contributed by atoms with Gasteiger partial charge < -0.3 is 5.73 Å². The lowest BCUT2D eigenvalue weighted by Crippen LogP contribution is -2.10. The first-order valence-corrected chi connectivity index (χ1v) is 5.84. The van der Waals surface area contributed by atoms with Gasteiger partial charge in [-0.25, -0.2) is 4.98 Å².